The molecular formula is C20H29N5O3S. The van der Waals surface area contributed by atoms with Gasteiger partial charge in [-0.25, -0.2) is 14.8 Å². The predicted octanol–water partition coefficient (Wildman–Crippen LogP) is 3.72. The number of unbranched alkanes of at least 4 members (excludes halogenated alkanes) is 1. The van der Waals surface area contributed by atoms with E-state index in [1.807, 2.05) is 32.2 Å². The van der Waals surface area contributed by atoms with Crippen molar-refractivity contribution in [1.29, 1.82) is 0 Å². The molecule has 0 aliphatic rings. The molecule has 9 heteroatoms. The molecule has 0 aliphatic carbocycles. The number of nitrogen functional groups attached to an aromatic ring is 1. The minimum Gasteiger partial charge on any atom is -0.444 e. The lowest BCUT2D eigenvalue weighted by Gasteiger charge is -2.19. The lowest BCUT2D eigenvalue weighted by atomic mass is 10.2. The summed E-state index contributed by atoms with van der Waals surface area (Å²) in [6.45, 7) is 7.48. The van der Waals surface area contributed by atoms with Gasteiger partial charge in [0, 0.05) is 26.6 Å². The molecule has 158 valence electrons. The van der Waals surface area contributed by atoms with Crippen molar-refractivity contribution in [2.75, 3.05) is 26.0 Å². The van der Waals surface area contributed by atoms with E-state index in [4.69, 9.17) is 20.2 Å². The van der Waals surface area contributed by atoms with Crippen LogP contribution >= 0.6 is 11.3 Å². The first-order valence-corrected chi connectivity index (χ1v) is 10.7. The van der Waals surface area contributed by atoms with Gasteiger partial charge in [-0.3, -0.25) is 0 Å². The van der Waals surface area contributed by atoms with E-state index in [1.54, 1.807) is 18.4 Å². The van der Waals surface area contributed by atoms with Crippen LogP contribution in [0.3, 0.4) is 0 Å². The number of methoxy groups -OCH3 is 1. The number of anilines is 1. The maximum atomic E-state index is 11.8. The zero-order valence-corrected chi connectivity index (χ0v) is 18.3. The van der Waals surface area contributed by atoms with Crippen LogP contribution in [0.2, 0.25) is 0 Å². The number of rotatable bonds is 8. The summed E-state index contributed by atoms with van der Waals surface area (Å²) in [6, 6.07) is 1.98. The van der Waals surface area contributed by atoms with Gasteiger partial charge in [0.05, 0.1) is 22.3 Å². The number of carbonyl (C=O) groups excluding carboxylic acids is 1. The van der Waals surface area contributed by atoms with Crippen LogP contribution in [0, 0.1) is 0 Å². The SMILES string of the molecule is COCCc1nc2c(N)nc3ccsc3c2n1CCCCNC(=O)OC(C)(C)C. The Balaban J connectivity index is 1.73. The third-order valence-electron chi connectivity index (χ3n) is 4.40. The number of ether oxygens (including phenoxy) is 2. The summed E-state index contributed by atoms with van der Waals surface area (Å²) in [5.74, 6) is 1.39. The number of aryl methyl sites for hydroxylation is 1. The Morgan fingerprint density at radius 1 is 1.31 bits per heavy atom. The van der Waals surface area contributed by atoms with Gasteiger partial charge in [0.25, 0.3) is 0 Å². The largest absolute Gasteiger partial charge is 0.444 e. The number of nitrogens with zero attached hydrogens (tertiary/aromatic N) is 3. The number of alkyl carbamates (subject to hydrolysis) is 1. The Bertz CT molecular complexity index is 989. The summed E-state index contributed by atoms with van der Waals surface area (Å²) >= 11 is 1.65. The fourth-order valence-electron chi connectivity index (χ4n) is 3.18. The molecule has 0 aliphatic heterocycles. The van der Waals surface area contributed by atoms with Gasteiger partial charge in [-0.2, -0.15) is 0 Å². The maximum absolute atomic E-state index is 11.8. The molecule has 0 spiro atoms. The highest BCUT2D eigenvalue weighted by Gasteiger charge is 2.18. The summed E-state index contributed by atoms with van der Waals surface area (Å²) in [6.07, 6.45) is 2.03. The zero-order valence-electron chi connectivity index (χ0n) is 17.4. The first kappa shape index (κ1) is 21.3. The minimum atomic E-state index is -0.490. The molecule has 0 radical (unpaired) electrons. The molecule has 0 saturated carbocycles. The third-order valence-corrected chi connectivity index (χ3v) is 5.31. The second kappa shape index (κ2) is 8.96. The number of hydrogen-bond acceptors (Lipinski definition) is 7. The minimum absolute atomic E-state index is 0.384. The van der Waals surface area contributed by atoms with Crippen LogP contribution in [-0.2, 0) is 22.4 Å². The summed E-state index contributed by atoms with van der Waals surface area (Å²) in [4.78, 5) is 21.0. The number of imidazole rings is 1. The number of amides is 1. The Labute approximate surface area is 174 Å². The van der Waals surface area contributed by atoms with Crippen molar-refractivity contribution < 1.29 is 14.3 Å². The van der Waals surface area contributed by atoms with Gasteiger partial charge in [-0.1, -0.05) is 0 Å². The van der Waals surface area contributed by atoms with Gasteiger partial charge < -0.3 is 25.1 Å². The van der Waals surface area contributed by atoms with E-state index in [0.29, 0.717) is 25.4 Å². The van der Waals surface area contributed by atoms with Crippen LogP contribution in [0.15, 0.2) is 11.4 Å². The number of fused-ring (bicyclic) bond motifs is 3. The molecular weight excluding hydrogens is 390 g/mol. The monoisotopic (exact) mass is 419 g/mol. The van der Waals surface area contributed by atoms with Crippen LogP contribution in [-0.4, -0.2) is 46.5 Å². The normalized spacial score (nSPS) is 12.0. The average molecular weight is 420 g/mol. The molecule has 0 saturated heterocycles. The highest BCUT2D eigenvalue weighted by Crippen LogP contribution is 2.32. The van der Waals surface area contributed by atoms with Crippen LogP contribution in [0.4, 0.5) is 10.6 Å². The van der Waals surface area contributed by atoms with E-state index in [9.17, 15) is 4.79 Å². The first-order valence-electron chi connectivity index (χ1n) is 9.77. The smallest absolute Gasteiger partial charge is 0.407 e. The number of thiophene rings is 1. The number of aromatic nitrogens is 3. The molecule has 3 heterocycles. The van der Waals surface area contributed by atoms with E-state index in [-0.39, 0.29) is 6.09 Å². The van der Waals surface area contributed by atoms with Gasteiger partial charge in [-0.05, 0) is 45.1 Å². The number of nitrogens with two attached hydrogens (primary N) is 1. The van der Waals surface area contributed by atoms with Crippen molar-refractivity contribution in [1.82, 2.24) is 19.9 Å². The van der Waals surface area contributed by atoms with Crippen molar-refractivity contribution in [3.05, 3.63) is 17.3 Å². The Morgan fingerprint density at radius 2 is 2.10 bits per heavy atom. The van der Waals surface area contributed by atoms with Crippen molar-refractivity contribution in [3.63, 3.8) is 0 Å². The maximum Gasteiger partial charge on any atom is 0.407 e. The average Bonchev–Trinajstić information content (AvgIpc) is 3.22. The second-order valence-corrected chi connectivity index (χ2v) is 8.80. The molecule has 0 aromatic carbocycles. The van der Waals surface area contributed by atoms with Crippen LogP contribution in [0.25, 0.3) is 21.3 Å². The number of pyridine rings is 1. The van der Waals surface area contributed by atoms with Crippen molar-refractivity contribution in [2.24, 2.45) is 0 Å². The quantitative estimate of drug-likeness (QED) is 0.539. The molecule has 0 atom stereocenters. The standard InChI is InChI=1S/C20H29N5O3S/c1-20(2,3)28-19(26)22-9-5-6-10-25-14(7-11-27-4)24-15-16(25)17-13(8-12-29-17)23-18(15)21/h8,12H,5-7,9-11H2,1-4H3,(H2,21,23)(H,22,26). The van der Waals surface area contributed by atoms with Crippen LogP contribution < -0.4 is 11.1 Å². The summed E-state index contributed by atoms with van der Waals surface area (Å²) in [5, 5.41) is 4.83. The lowest BCUT2D eigenvalue weighted by Crippen LogP contribution is -2.33. The fraction of sp³-hybridized carbons (Fsp3) is 0.550. The van der Waals surface area contributed by atoms with Gasteiger partial charge in [0.1, 0.15) is 16.9 Å². The van der Waals surface area contributed by atoms with E-state index in [1.165, 1.54) is 0 Å². The summed E-state index contributed by atoms with van der Waals surface area (Å²) < 4.78 is 13.8. The highest BCUT2D eigenvalue weighted by atomic mass is 32.1. The molecule has 0 bridgehead atoms. The molecule has 0 unspecified atom stereocenters. The first-order chi connectivity index (χ1) is 13.8. The Hall–Kier alpha value is -2.39. The Kier molecular flexibility index (Phi) is 6.59. The van der Waals surface area contributed by atoms with Crippen LogP contribution in [0.1, 0.15) is 39.4 Å². The van der Waals surface area contributed by atoms with Gasteiger partial charge in [0.15, 0.2) is 5.82 Å². The molecule has 1 amide bonds. The fourth-order valence-corrected chi connectivity index (χ4v) is 4.07. The molecule has 3 aromatic rings. The van der Waals surface area contributed by atoms with E-state index < -0.39 is 5.60 Å². The molecule has 3 rings (SSSR count). The number of hydrogen-bond donors (Lipinski definition) is 2. The van der Waals surface area contributed by atoms with E-state index in [0.717, 1.165) is 46.5 Å². The second-order valence-electron chi connectivity index (χ2n) is 7.89. The molecule has 3 aromatic heterocycles. The molecule has 0 fully saturated rings. The summed E-state index contributed by atoms with van der Waals surface area (Å²) in [5.41, 5.74) is 8.37. The molecule has 29 heavy (non-hydrogen) atoms. The topological polar surface area (TPSA) is 104 Å². The van der Waals surface area contributed by atoms with E-state index >= 15 is 0 Å². The predicted molar refractivity (Wildman–Crippen MR) is 116 cm³/mol. The molecule has 3 N–H and O–H groups in total. The molecule has 8 nitrogen and oxygen atoms in total. The highest BCUT2D eigenvalue weighted by molar-refractivity contribution is 7.18. The van der Waals surface area contributed by atoms with Crippen molar-refractivity contribution >= 4 is 44.5 Å². The van der Waals surface area contributed by atoms with Gasteiger partial charge >= 0.3 is 6.09 Å². The lowest BCUT2D eigenvalue weighted by molar-refractivity contribution is 0.0527. The van der Waals surface area contributed by atoms with Crippen molar-refractivity contribution in [3.8, 4) is 0 Å². The number of carbonyl (C=O) groups is 1. The third kappa shape index (κ3) is 5.16. The van der Waals surface area contributed by atoms with Crippen LogP contribution in [0.5, 0.6) is 0 Å². The van der Waals surface area contributed by atoms with Gasteiger partial charge in [-0.15, -0.1) is 11.3 Å². The Morgan fingerprint density at radius 3 is 2.83 bits per heavy atom. The van der Waals surface area contributed by atoms with E-state index in [2.05, 4.69) is 14.9 Å². The summed E-state index contributed by atoms with van der Waals surface area (Å²) in [7, 11) is 1.68. The number of nitrogens with one attached hydrogen (secondary N) is 1. The van der Waals surface area contributed by atoms with Gasteiger partial charge in [0.2, 0.25) is 0 Å². The zero-order chi connectivity index (χ0) is 21.0. The van der Waals surface area contributed by atoms with Crippen molar-refractivity contribution in [2.45, 2.75) is 52.2 Å².